The Hall–Kier alpha value is -1.94. The second kappa shape index (κ2) is 7.36. The molecule has 22 heavy (non-hydrogen) atoms. The van der Waals surface area contributed by atoms with Crippen LogP contribution in [0.1, 0.15) is 17.5 Å². The van der Waals surface area contributed by atoms with Crippen LogP contribution in [0.25, 0.3) is 0 Å². The minimum Gasteiger partial charge on any atom is -0.497 e. The molecule has 0 radical (unpaired) electrons. The van der Waals surface area contributed by atoms with Gasteiger partial charge in [0.1, 0.15) is 11.6 Å². The van der Waals surface area contributed by atoms with Crippen LogP contribution in [0.4, 0.5) is 0 Å². The van der Waals surface area contributed by atoms with E-state index in [0.29, 0.717) is 0 Å². The van der Waals surface area contributed by atoms with Crippen LogP contribution in [0, 0.1) is 0 Å². The number of hydrogen-bond acceptors (Lipinski definition) is 4. The number of hydrogen-bond donors (Lipinski definition) is 1. The van der Waals surface area contributed by atoms with Crippen molar-refractivity contribution in [3.63, 3.8) is 0 Å². The third kappa shape index (κ3) is 3.63. The highest BCUT2D eigenvalue weighted by Gasteiger charge is 2.11. The highest BCUT2D eigenvalue weighted by molar-refractivity contribution is 7.98. The summed E-state index contributed by atoms with van der Waals surface area (Å²) < 4.78 is 5.29. The lowest BCUT2D eigenvalue weighted by Gasteiger charge is -2.17. The largest absolute Gasteiger partial charge is 0.497 e. The summed E-state index contributed by atoms with van der Waals surface area (Å²) in [5.74, 6) is 2.85. The molecule has 0 amide bonds. The molecule has 1 heterocycles. The van der Waals surface area contributed by atoms with E-state index in [0.717, 1.165) is 36.8 Å². The summed E-state index contributed by atoms with van der Waals surface area (Å²) in [5.41, 5.74) is 2.47. The van der Waals surface area contributed by atoms with Gasteiger partial charge in [-0.1, -0.05) is 30.3 Å². The number of ether oxygens (including phenoxy) is 1. The topological polar surface area (TPSA) is 33.6 Å². The molecule has 1 aliphatic rings. The second-order valence-electron chi connectivity index (χ2n) is 5.15. The van der Waals surface area contributed by atoms with Crippen molar-refractivity contribution >= 4 is 17.6 Å². The van der Waals surface area contributed by atoms with Gasteiger partial charge in [0.15, 0.2) is 0 Å². The van der Waals surface area contributed by atoms with Gasteiger partial charge in [-0.25, -0.2) is 0 Å². The fourth-order valence-electron chi connectivity index (χ4n) is 2.42. The zero-order chi connectivity index (χ0) is 15.2. The SMILES string of the molecule is COc1cccc(CSc2ccccc2C2=NCCCN2)c1. The monoisotopic (exact) mass is 312 g/mol. The molecule has 0 bridgehead atoms. The van der Waals surface area contributed by atoms with Crippen molar-refractivity contribution in [2.45, 2.75) is 17.1 Å². The molecule has 2 aromatic rings. The predicted molar refractivity (Wildman–Crippen MR) is 93.0 cm³/mol. The van der Waals surface area contributed by atoms with Crippen LogP contribution < -0.4 is 10.1 Å². The molecule has 4 heteroatoms. The predicted octanol–water partition coefficient (Wildman–Crippen LogP) is 3.73. The van der Waals surface area contributed by atoms with Gasteiger partial charge in [-0.15, -0.1) is 11.8 Å². The van der Waals surface area contributed by atoms with Crippen LogP contribution in [-0.4, -0.2) is 26.0 Å². The minimum atomic E-state index is 0.907. The van der Waals surface area contributed by atoms with E-state index in [1.807, 2.05) is 23.9 Å². The molecule has 0 saturated heterocycles. The van der Waals surface area contributed by atoms with E-state index >= 15 is 0 Å². The van der Waals surface area contributed by atoms with Crippen LogP contribution in [-0.2, 0) is 5.75 Å². The van der Waals surface area contributed by atoms with Gasteiger partial charge in [0.2, 0.25) is 0 Å². The van der Waals surface area contributed by atoms with E-state index in [1.165, 1.54) is 16.0 Å². The number of nitrogens with one attached hydrogen (secondary N) is 1. The molecule has 0 aromatic heterocycles. The van der Waals surface area contributed by atoms with Crippen LogP contribution in [0.5, 0.6) is 5.75 Å². The Kier molecular flexibility index (Phi) is 5.01. The first-order chi connectivity index (χ1) is 10.9. The lowest BCUT2D eigenvalue weighted by molar-refractivity contribution is 0.414. The van der Waals surface area contributed by atoms with Gasteiger partial charge in [-0.05, 0) is 30.2 Å². The highest BCUT2D eigenvalue weighted by atomic mass is 32.2. The maximum absolute atomic E-state index is 5.29. The van der Waals surface area contributed by atoms with Crippen molar-refractivity contribution in [3.05, 3.63) is 59.7 Å². The van der Waals surface area contributed by atoms with E-state index in [9.17, 15) is 0 Å². The Morgan fingerprint density at radius 2 is 2.09 bits per heavy atom. The molecule has 0 unspecified atom stereocenters. The zero-order valence-corrected chi connectivity index (χ0v) is 13.5. The van der Waals surface area contributed by atoms with E-state index in [1.54, 1.807) is 7.11 Å². The quantitative estimate of drug-likeness (QED) is 0.854. The molecular formula is C18H20N2OS. The molecule has 0 atom stereocenters. The number of benzene rings is 2. The molecule has 3 rings (SSSR count). The highest BCUT2D eigenvalue weighted by Crippen LogP contribution is 2.28. The number of amidine groups is 1. The normalized spacial score (nSPS) is 14.1. The molecule has 3 nitrogen and oxygen atoms in total. The fourth-order valence-corrected chi connectivity index (χ4v) is 3.42. The van der Waals surface area contributed by atoms with Gasteiger partial charge in [0.05, 0.1) is 7.11 Å². The third-order valence-corrected chi connectivity index (χ3v) is 4.71. The number of aliphatic imine (C=N–C) groups is 1. The molecule has 114 valence electrons. The van der Waals surface area contributed by atoms with Crippen molar-refractivity contribution in [1.82, 2.24) is 5.32 Å². The Morgan fingerprint density at radius 1 is 1.18 bits per heavy atom. The van der Waals surface area contributed by atoms with Crippen LogP contribution in [0.15, 0.2) is 58.4 Å². The zero-order valence-electron chi connectivity index (χ0n) is 12.7. The minimum absolute atomic E-state index is 0.907. The van der Waals surface area contributed by atoms with Gasteiger partial charge in [-0.2, -0.15) is 0 Å². The lowest BCUT2D eigenvalue weighted by Crippen LogP contribution is -2.30. The average Bonchev–Trinajstić information content (AvgIpc) is 2.61. The summed E-state index contributed by atoms with van der Waals surface area (Å²) in [6.07, 6.45) is 1.11. The number of nitrogens with zero attached hydrogens (tertiary/aromatic N) is 1. The maximum atomic E-state index is 5.29. The summed E-state index contributed by atoms with van der Waals surface area (Å²) in [6, 6.07) is 16.7. The van der Waals surface area contributed by atoms with Crippen LogP contribution >= 0.6 is 11.8 Å². The lowest BCUT2D eigenvalue weighted by atomic mass is 10.2. The first kappa shape index (κ1) is 15.0. The fraction of sp³-hybridized carbons (Fsp3) is 0.278. The summed E-state index contributed by atoms with van der Waals surface area (Å²) >= 11 is 1.84. The van der Waals surface area contributed by atoms with E-state index in [-0.39, 0.29) is 0 Å². The van der Waals surface area contributed by atoms with Gasteiger partial charge >= 0.3 is 0 Å². The summed E-state index contributed by atoms with van der Waals surface area (Å²) in [5, 5.41) is 3.41. The Labute approximate surface area is 135 Å². The van der Waals surface area contributed by atoms with Gasteiger partial charge in [0, 0.05) is 29.3 Å². The first-order valence-corrected chi connectivity index (χ1v) is 8.49. The number of thioether (sulfide) groups is 1. The molecular weight excluding hydrogens is 292 g/mol. The summed E-state index contributed by atoms with van der Waals surface area (Å²) in [7, 11) is 1.70. The van der Waals surface area contributed by atoms with Gasteiger partial charge < -0.3 is 10.1 Å². The molecule has 0 aliphatic carbocycles. The standard InChI is InChI=1S/C18H20N2OS/c1-21-15-7-4-6-14(12-15)13-22-17-9-3-2-8-16(17)18-19-10-5-11-20-18/h2-4,6-9,12H,5,10-11,13H2,1H3,(H,19,20). The van der Waals surface area contributed by atoms with E-state index in [2.05, 4.69) is 46.7 Å². The number of methoxy groups -OCH3 is 1. The molecule has 2 aromatic carbocycles. The van der Waals surface area contributed by atoms with Crippen LogP contribution in [0.2, 0.25) is 0 Å². The smallest absolute Gasteiger partial charge is 0.129 e. The van der Waals surface area contributed by atoms with Crippen molar-refractivity contribution in [2.24, 2.45) is 4.99 Å². The molecule has 0 spiro atoms. The molecule has 0 saturated carbocycles. The Bertz CT molecular complexity index is 670. The van der Waals surface area contributed by atoms with Crippen molar-refractivity contribution < 1.29 is 4.74 Å². The van der Waals surface area contributed by atoms with Crippen molar-refractivity contribution in [2.75, 3.05) is 20.2 Å². The Balaban J connectivity index is 1.76. The first-order valence-electron chi connectivity index (χ1n) is 7.50. The molecule has 0 fully saturated rings. The third-order valence-electron chi connectivity index (χ3n) is 3.57. The van der Waals surface area contributed by atoms with E-state index in [4.69, 9.17) is 4.74 Å². The molecule has 1 aliphatic heterocycles. The van der Waals surface area contributed by atoms with Crippen molar-refractivity contribution in [3.8, 4) is 5.75 Å². The second-order valence-corrected chi connectivity index (χ2v) is 6.16. The van der Waals surface area contributed by atoms with Crippen molar-refractivity contribution in [1.29, 1.82) is 0 Å². The average molecular weight is 312 g/mol. The van der Waals surface area contributed by atoms with Crippen LogP contribution in [0.3, 0.4) is 0 Å². The van der Waals surface area contributed by atoms with Gasteiger partial charge in [-0.3, -0.25) is 4.99 Å². The van der Waals surface area contributed by atoms with E-state index < -0.39 is 0 Å². The molecule has 1 N–H and O–H groups in total. The summed E-state index contributed by atoms with van der Waals surface area (Å²) in [4.78, 5) is 5.88. The van der Waals surface area contributed by atoms with Gasteiger partial charge in [0.25, 0.3) is 0 Å². The number of rotatable bonds is 5. The maximum Gasteiger partial charge on any atom is 0.129 e. The Morgan fingerprint density at radius 3 is 2.91 bits per heavy atom. The summed E-state index contributed by atoms with van der Waals surface area (Å²) in [6.45, 7) is 1.92.